The minimum Gasteiger partial charge on any atom is -0.338 e. The molecule has 100 valence electrons. The van der Waals surface area contributed by atoms with Gasteiger partial charge in [-0.1, -0.05) is 13.8 Å². The van der Waals surface area contributed by atoms with E-state index >= 15 is 0 Å². The van der Waals surface area contributed by atoms with Gasteiger partial charge in [-0.3, -0.25) is 4.21 Å². The van der Waals surface area contributed by atoms with E-state index in [1.807, 2.05) is 11.8 Å². The Hall–Kier alpha value is -0.580. The molecule has 0 unspecified atom stereocenters. The van der Waals surface area contributed by atoms with Crippen LogP contribution in [0.4, 0.5) is 4.79 Å². The summed E-state index contributed by atoms with van der Waals surface area (Å²) in [6, 6.07) is 0.0330. The number of hydrogen-bond donors (Lipinski definition) is 1. The lowest BCUT2D eigenvalue weighted by atomic mass is 10.0. The Morgan fingerprint density at radius 2 is 2.29 bits per heavy atom. The summed E-state index contributed by atoms with van der Waals surface area (Å²) in [6.07, 6.45) is 4.80. The summed E-state index contributed by atoms with van der Waals surface area (Å²) in [5.41, 5.74) is 0. The van der Waals surface area contributed by atoms with E-state index in [1.165, 1.54) is 6.42 Å². The molecule has 1 heterocycles. The Morgan fingerprint density at radius 1 is 1.59 bits per heavy atom. The lowest BCUT2D eigenvalue weighted by Gasteiger charge is -2.31. The maximum atomic E-state index is 11.8. The quantitative estimate of drug-likeness (QED) is 0.834. The first-order chi connectivity index (χ1) is 8.00. The van der Waals surface area contributed by atoms with Crippen molar-refractivity contribution in [2.45, 2.75) is 38.4 Å². The molecule has 2 amide bonds. The van der Waals surface area contributed by atoms with E-state index in [1.54, 1.807) is 6.26 Å². The van der Waals surface area contributed by atoms with Gasteiger partial charge in [-0.25, -0.2) is 4.79 Å². The Labute approximate surface area is 107 Å². The topological polar surface area (TPSA) is 49.4 Å². The molecule has 1 N–H and O–H groups in total. The molecule has 3 atom stereocenters. The minimum absolute atomic E-state index is 0.0330. The summed E-state index contributed by atoms with van der Waals surface area (Å²) in [5, 5.41) is 3.06. The molecule has 1 saturated heterocycles. The monoisotopic (exact) mass is 260 g/mol. The van der Waals surface area contributed by atoms with Crippen molar-refractivity contribution >= 4 is 16.8 Å². The van der Waals surface area contributed by atoms with E-state index in [-0.39, 0.29) is 11.3 Å². The zero-order chi connectivity index (χ0) is 12.8. The lowest BCUT2D eigenvalue weighted by molar-refractivity contribution is 0.170. The van der Waals surface area contributed by atoms with Gasteiger partial charge >= 0.3 is 6.03 Å². The number of amides is 2. The van der Waals surface area contributed by atoms with E-state index in [0.717, 1.165) is 25.9 Å². The predicted molar refractivity (Wildman–Crippen MR) is 71.5 cm³/mol. The molecule has 0 aromatic heterocycles. The Morgan fingerprint density at radius 3 is 2.88 bits per heavy atom. The van der Waals surface area contributed by atoms with Gasteiger partial charge in [0.05, 0.1) is 0 Å². The number of piperidine rings is 1. The van der Waals surface area contributed by atoms with Crippen molar-refractivity contribution < 1.29 is 9.00 Å². The molecule has 17 heavy (non-hydrogen) atoms. The average Bonchev–Trinajstić information content (AvgIpc) is 2.28. The van der Waals surface area contributed by atoms with Crippen LogP contribution in [0.5, 0.6) is 0 Å². The predicted octanol–water partition coefficient (Wildman–Crippen LogP) is 1.58. The SMILES string of the molecule is C[C@H]1CCCN(C(=O)NCC[C@@H](C)[S@](C)=O)C1. The fourth-order valence-electron chi connectivity index (χ4n) is 2.03. The molecular formula is C12H24N2O2S. The first kappa shape index (κ1) is 14.5. The van der Waals surface area contributed by atoms with Gasteiger partial charge in [-0.15, -0.1) is 0 Å². The van der Waals surface area contributed by atoms with Crippen LogP contribution in [0.25, 0.3) is 0 Å². The molecule has 5 heteroatoms. The number of urea groups is 1. The van der Waals surface area contributed by atoms with Gasteiger partial charge in [-0.05, 0) is 25.2 Å². The van der Waals surface area contributed by atoms with Crippen molar-refractivity contribution in [3.8, 4) is 0 Å². The van der Waals surface area contributed by atoms with E-state index in [2.05, 4.69) is 12.2 Å². The molecule has 0 aliphatic carbocycles. The zero-order valence-electron chi connectivity index (χ0n) is 11.1. The fraction of sp³-hybridized carbons (Fsp3) is 0.917. The molecule has 0 saturated carbocycles. The molecule has 0 spiro atoms. The van der Waals surface area contributed by atoms with E-state index in [4.69, 9.17) is 0 Å². The van der Waals surface area contributed by atoms with Gasteiger partial charge in [0.2, 0.25) is 0 Å². The standard InChI is InChI=1S/C12H24N2O2S/c1-10-5-4-8-14(9-10)12(15)13-7-6-11(2)17(3)16/h10-11H,4-9H2,1-3H3,(H,13,15)/t10-,11+,17-/m0/s1. The highest BCUT2D eigenvalue weighted by Crippen LogP contribution is 2.15. The second-order valence-electron chi connectivity index (χ2n) is 5.02. The maximum absolute atomic E-state index is 11.8. The van der Waals surface area contributed by atoms with Gasteiger partial charge in [0, 0.05) is 41.9 Å². The van der Waals surface area contributed by atoms with Crippen molar-refractivity contribution in [1.82, 2.24) is 10.2 Å². The third-order valence-corrected chi connectivity index (χ3v) is 4.71. The molecule has 0 bridgehead atoms. The van der Waals surface area contributed by atoms with Crippen molar-refractivity contribution in [2.24, 2.45) is 5.92 Å². The minimum atomic E-state index is -0.800. The Balaban J connectivity index is 2.22. The van der Waals surface area contributed by atoms with Crippen molar-refractivity contribution in [3.05, 3.63) is 0 Å². The van der Waals surface area contributed by atoms with Crippen LogP contribution in [-0.2, 0) is 10.8 Å². The number of hydrogen-bond acceptors (Lipinski definition) is 2. The molecular weight excluding hydrogens is 236 g/mol. The van der Waals surface area contributed by atoms with Gasteiger partial charge in [0.25, 0.3) is 0 Å². The molecule has 1 fully saturated rings. The van der Waals surface area contributed by atoms with Crippen LogP contribution < -0.4 is 5.32 Å². The molecule has 4 nitrogen and oxygen atoms in total. The van der Waals surface area contributed by atoms with Crippen LogP contribution >= 0.6 is 0 Å². The first-order valence-electron chi connectivity index (χ1n) is 6.35. The van der Waals surface area contributed by atoms with Crippen molar-refractivity contribution in [1.29, 1.82) is 0 Å². The lowest BCUT2D eigenvalue weighted by Crippen LogP contribution is -2.45. The number of nitrogens with zero attached hydrogens (tertiary/aromatic N) is 1. The Bertz CT molecular complexity index is 284. The summed E-state index contributed by atoms with van der Waals surface area (Å²) in [5.74, 6) is 0.608. The van der Waals surface area contributed by atoms with E-state index < -0.39 is 10.8 Å². The second kappa shape index (κ2) is 6.99. The zero-order valence-corrected chi connectivity index (χ0v) is 11.9. The number of carbonyl (C=O) groups is 1. The number of carbonyl (C=O) groups excluding carboxylic acids is 1. The summed E-state index contributed by atoms with van der Waals surface area (Å²) in [4.78, 5) is 13.7. The summed E-state index contributed by atoms with van der Waals surface area (Å²) in [7, 11) is -0.800. The molecule has 1 aliphatic rings. The average molecular weight is 260 g/mol. The molecule has 1 rings (SSSR count). The normalized spacial score (nSPS) is 24.2. The fourth-order valence-corrected chi connectivity index (χ4v) is 2.48. The summed E-state index contributed by atoms with van der Waals surface area (Å²) >= 11 is 0. The van der Waals surface area contributed by atoms with Crippen molar-refractivity contribution in [3.63, 3.8) is 0 Å². The number of likely N-dealkylation sites (tertiary alicyclic amines) is 1. The summed E-state index contributed by atoms with van der Waals surface area (Å²) in [6.45, 7) is 6.48. The molecule has 1 aliphatic heterocycles. The number of nitrogens with one attached hydrogen (secondary N) is 1. The maximum Gasteiger partial charge on any atom is 0.317 e. The molecule has 0 aromatic rings. The highest BCUT2D eigenvalue weighted by Gasteiger charge is 2.20. The molecule has 0 radical (unpaired) electrons. The molecule has 0 aromatic carbocycles. The number of rotatable bonds is 4. The van der Waals surface area contributed by atoms with E-state index in [9.17, 15) is 9.00 Å². The van der Waals surface area contributed by atoms with Crippen LogP contribution in [0.1, 0.15) is 33.1 Å². The summed E-state index contributed by atoms with van der Waals surface area (Å²) < 4.78 is 11.2. The van der Waals surface area contributed by atoms with Gasteiger partial charge < -0.3 is 10.2 Å². The van der Waals surface area contributed by atoms with Crippen LogP contribution in [0.3, 0.4) is 0 Å². The van der Waals surface area contributed by atoms with E-state index in [0.29, 0.717) is 12.5 Å². The largest absolute Gasteiger partial charge is 0.338 e. The smallest absolute Gasteiger partial charge is 0.317 e. The van der Waals surface area contributed by atoms with Gasteiger partial charge in [0.15, 0.2) is 0 Å². The van der Waals surface area contributed by atoms with Gasteiger partial charge in [-0.2, -0.15) is 0 Å². The highest BCUT2D eigenvalue weighted by atomic mass is 32.2. The van der Waals surface area contributed by atoms with Crippen LogP contribution in [-0.4, -0.2) is 46.3 Å². The van der Waals surface area contributed by atoms with Crippen LogP contribution in [0.15, 0.2) is 0 Å². The second-order valence-corrected chi connectivity index (χ2v) is 6.83. The third kappa shape index (κ3) is 5.06. The Kier molecular flexibility index (Phi) is 5.95. The van der Waals surface area contributed by atoms with Crippen LogP contribution in [0.2, 0.25) is 0 Å². The van der Waals surface area contributed by atoms with Crippen LogP contribution in [0, 0.1) is 5.92 Å². The van der Waals surface area contributed by atoms with Gasteiger partial charge in [0.1, 0.15) is 0 Å². The third-order valence-electron chi connectivity index (χ3n) is 3.34. The first-order valence-corrected chi connectivity index (χ1v) is 7.98. The highest BCUT2D eigenvalue weighted by molar-refractivity contribution is 7.84. The van der Waals surface area contributed by atoms with Crippen molar-refractivity contribution in [2.75, 3.05) is 25.9 Å².